The average Bonchev–Trinajstić information content (AvgIpc) is 2.97. The van der Waals surface area contributed by atoms with E-state index in [9.17, 15) is 4.79 Å². The molecule has 2 unspecified atom stereocenters. The quantitative estimate of drug-likeness (QED) is 0.792. The molecule has 0 radical (unpaired) electrons. The summed E-state index contributed by atoms with van der Waals surface area (Å²) in [5.74, 6) is 1.86. The lowest BCUT2D eigenvalue weighted by Crippen LogP contribution is -2.47. The summed E-state index contributed by atoms with van der Waals surface area (Å²) in [4.78, 5) is 14.4. The molecule has 3 aliphatic rings. The third kappa shape index (κ3) is 2.49. The lowest BCUT2D eigenvalue weighted by atomic mass is 9.92. The molecule has 1 N–H and O–H groups in total. The van der Waals surface area contributed by atoms with Crippen molar-refractivity contribution >= 4 is 5.91 Å². The Bertz CT molecular complexity index is 286. The van der Waals surface area contributed by atoms with Crippen LogP contribution in [0.2, 0.25) is 0 Å². The van der Waals surface area contributed by atoms with E-state index in [1.54, 1.807) is 0 Å². The van der Waals surface area contributed by atoms with Gasteiger partial charge in [0.25, 0.3) is 0 Å². The fraction of sp³-hybridized carbons (Fsp3) is 0.929. The Morgan fingerprint density at radius 2 is 2.00 bits per heavy atom. The maximum Gasteiger partial charge on any atom is 0.222 e. The molecule has 3 heteroatoms. The Hall–Kier alpha value is -0.570. The highest BCUT2D eigenvalue weighted by Gasteiger charge is 2.34. The molecule has 0 aromatic heterocycles. The van der Waals surface area contributed by atoms with Crippen molar-refractivity contribution in [3.8, 4) is 0 Å². The Labute approximate surface area is 104 Å². The summed E-state index contributed by atoms with van der Waals surface area (Å²) in [6.07, 6.45) is 8.50. The number of hydrogen-bond donors (Lipinski definition) is 1. The van der Waals surface area contributed by atoms with Gasteiger partial charge in [-0.2, -0.15) is 0 Å². The van der Waals surface area contributed by atoms with Crippen LogP contribution in [0.5, 0.6) is 0 Å². The van der Waals surface area contributed by atoms with Crippen molar-refractivity contribution in [1.82, 2.24) is 10.2 Å². The molecular formula is C14H24N2O. The van der Waals surface area contributed by atoms with Crippen LogP contribution < -0.4 is 5.32 Å². The van der Waals surface area contributed by atoms with Gasteiger partial charge in [0.2, 0.25) is 5.91 Å². The van der Waals surface area contributed by atoms with Crippen LogP contribution in [0.3, 0.4) is 0 Å². The van der Waals surface area contributed by atoms with Crippen molar-refractivity contribution < 1.29 is 4.79 Å². The number of likely N-dealkylation sites (tertiary alicyclic amines) is 1. The van der Waals surface area contributed by atoms with Gasteiger partial charge >= 0.3 is 0 Å². The second kappa shape index (κ2) is 4.97. The highest BCUT2D eigenvalue weighted by Crippen LogP contribution is 2.30. The molecule has 2 heterocycles. The van der Waals surface area contributed by atoms with E-state index in [2.05, 4.69) is 10.2 Å². The zero-order valence-corrected chi connectivity index (χ0v) is 10.7. The number of hydrogen-bond acceptors (Lipinski definition) is 2. The van der Waals surface area contributed by atoms with Crippen LogP contribution in [-0.4, -0.2) is 36.5 Å². The summed E-state index contributed by atoms with van der Waals surface area (Å²) in [5.41, 5.74) is 0. The fourth-order valence-corrected chi connectivity index (χ4v) is 3.86. The number of fused-ring (bicyclic) bond motifs is 1. The summed E-state index contributed by atoms with van der Waals surface area (Å²) in [7, 11) is 0. The van der Waals surface area contributed by atoms with Crippen molar-refractivity contribution in [2.24, 2.45) is 11.8 Å². The number of carbonyl (C=O) groups excluding carboxylic acids is 1. The molecule has 2 aliphatic heterocycles. The third-order valence-corrected chi connectivity index (χ3v) is 4.95. The molecule has 17 heavy (non-hydrogen) atoms. The zero-order valence-electron chi connectivity index (χ0n) is 10.7. The van der Waals surface area contributed by atoms with E-state index in [0.29, 0.717) is 17.9 Å². The number of nitrogens with zero attached hydrogens (tertiary/aromatic N) is 1. The van der Waals surface area contributed by atoms with Crippen molar-refractivity contribution in [2.75, 3.05) is 19.6 Å². The molecule has 1 amide bonds. The standard InChI is InChI=1S/C14H24N2O/c17-14(9-11-3-1-2-4-11)16-8-6-13-12(10-16)5-7-15-13/h11-13,15H,1-10H2. The van der Waals surface area contributed by atoms with Crippen LogP contribution in [0, 0.1) is 11.8 Å². The molecule has 1 saturated carbocycles. The number of piperidine rings is 1. The normalized spacial score (nSPS) is 34.0. The van der Waals surface area contributed by atoms with Gasteiger partial charge in [0.05, 0.1) is 0 Å². The topological polar surface area (TPSA) is 32.3 Å². The van der Waals surface area contributed by atoms with Crippen molar-refractivity contribution in [1.29, 1.82) is 0 Å². The number of carbonyl (C=O) groups is 1. The average molecular weight is 236 g/mol. The van der Waals surface area contributed by atoms with Crippen molar-refractivity contribution in [3.05, 3.63) is 0 Å². The second-order valence-corrected chi connectivity index (χ2v) is 6.09. The van der Waals surface area contributed by atoms with Gasteiger partial charge in [0, 0.05) is 25.6 Å². The Morgan fingerprint density at radius 3 is 2.82 bits per heavy atom. The second-order valence-electron chi connectivity index (χ2n) is 6.09. The predicted octanol–water partition coefficient (Wildman–Crippen LogP) is 1.78. The minimum atomic E-state index is 0.433. The first-order valence-electron chi connectivity index (χ1n) is 7.34. The van der Waals surface area contributed by atoms with Gasteiger partial charge in [-0.3, -0.25) is 4.79 Å². The molecule has 3 fully saturated rings. The maximum atomic E-state index is 12.2. The van der Waals surface area contributed by atoms with Gasteiger partial charge < -0.3 is 10.2 Å². The maximum absolute atomic E-state index is 12.2. The molecule has 2 atom stereocenters. The summed E-state index contributed by atoms with van der Waals surface area (Å²) in [6, 6.07) is 0.700. The van der Waals surface area contributed by atoms with Crippen LogP contribution in [0.4, 0.5) is 0 Å². The van der Waals surface area contributed by atoms with Gasteiger partial charge in [-0.15, -0.1) is 0 Å². The first-order chi connectivity index (χ1) is 8.33. The van der Waals surface area contributed by atoms with Gasteiger partial charge in [-0.05, 0) is 44.1 Å². The lowest BCUT2D eigenvalue weighted by molar-refractivity contribution is -0.134. The van der Waals surface area contributed by atoms with Crippen LogP contribution in [0.25, 0.3) is 0 Å². The molecule has 0 spiro atoms. The van der Waals surface area contributed by atoms with Gasteiger partial charge in [-0.1, -0.05) is 12.8 Å². The highest BCUT2D eigenvalue weighted by atomic mass is 16.2. The first-order valence-corrected chi connectivity index (χ1v) is 7.34. The summed E-state index contributed by atoms with van der Waals surface area (Å²) >= 11 is 0. The van der Waals surface area contributed by atoms with Crippen LogP contribution in [0.15, 0.2) is 0 Å². The van der Waals surface area contributed by atoms with E-state index in [1.807, 2.05) is 0 Å². The van der Waals surface area contributed by atoms with Gasteiger partial charge in [0.15, 0.2) is 0 Å². The number of amides is 1. The van der Waals surface area contributed by atoms with E-state index < -0.39 is 0 Å². The van der Waals surface area contributed by atoms with E-state index >= 15 is 0 Å². The smallest absolute Gasteiger partial charge is 0.222 e. The molecule has 0 aromatic rings. The number of nitrogens with one attached hydrogen (secondary N) is 1. The van der Waals surface area contributed by atoms with E-state index in [4.69, 9.17) is 0 Å². The molecule has 96 valence electrons. The fourth-order valence-electron chi connectivity index (χ4n) is 3.86. The lowest BCUT2D eigenvalue weighted by Gasteiger charge is -2.35. The van der Waals surface area contributed by atoms with E-state index in [-0.39, 0.29) is 0 Å². The summed E-state index contributed by atoms with van der Waals surface area (Å²) < 4.78 is 0. The summed E-state index contributed by atoms with van der Waals surface area (Å²) in [5, 5.41) is 3.55. The van der Waals surface area contributed by atoms with Gasteiger partial charge in [0.1, 0.15) is 0 Å². The van der Waals surface area contributed by atoms with E-state index in [1.165, 1.54) is 38.5 Å². The van der Waals surface area contributed by atoms with Crippen molar-refractivity contribution in [2.45, 2.75) is 51.0 Å². The zero-order chi connectivity index (χ0) is 11.7. The highest BCUT2D eigenvalue weighted by molar-refractivity contribution is 5.76. The molecule has 0 aromatic carbocycles. The molecule has 0 bridgehead atoms. The minimum Gasteiger partial charge on any atom is -0.342 e. The monoisotopic (exact) mass is 236 g/mol. The van der Waals surface area contributed by atoms with Crippen molar-refractivity contribution in [3.63, 3.8) is 0 Å². The van der Waals surface area contributed by atoms with Gasteiger partial charge in [-0.25, -0.2) is 0 Å². The van der Waals surface area contributed by atoms with Crippen LogP contribution in [-0.2, 0) is 4.79 Å². The molecule has 2 saturated heterocycles. The van der Waals surface area contributed by atoms with Crippen LogP contribution in [0.1, 0.15) is 44.9 Å². The SMILES string of the molecule is O=C(CC1CCCC1)N1CCC2NCCC2C1. The molecule has 1 aliphatic carbocycles. The first kappa shape index (κ1) is 11.5. The third-order valence-electron chi connectivity index (χ3n) is 4.95. The molecular weight excluding hydrogens is 212 g/mol. The van der Waals surface area contributed by atoms with Crippen LogP contribution >= 0.6 is 0 Å². The summed E-state index contributed by atoms with van der Waals surface area (Å²) in [6.45, 7) is 3.16. The Balaban J connectivity index is 1.51. The molecule has 3 rings (SSSR count). The Morgan fingerprint density at radius 1 is 1.18 bits per heavy atom. The predicted molar refractivity (Wildman–Crippen MR) is 67.7 cm³/mol. The Kier molecular flexibility index (Phi) is 3.37. The largest absolute Gasteiger partial charge is 0.342 e. The van der Waals surface area contributed by atoms with E-state index in [0.717, 1.165) is 32.0 Å². The number of rotatable bonds is 2. The minimum absolute atomic E-state index is 0.433. The molecule has 3 nitrogen and oxygen atoms in total.